The van der Waals surface area contributed by atoms with Gasteiger partial charge >= 0.3 is 0 Å². The second-order valence-corrected chi connectivity index (χ2v) is 3.44. The van der Waals surface area contributed by atoms with Crippen molar-refractivity contribution in [3.8, 4) is 12.3 Å². The van der Waals surface area contributed by atoms with Crippen molar-refractivity contribution in [2.45, 2.75) is 0 Å². The Morgan fingerprint density at radius 3 is 2.56 bits per heavy atom. The molecule has 1 rings (SSSR count). The summed E-state index contributed by atoms with van der Waals surface area (Å²) in [5.74, 6) is 2.48. The van der Waals surface area contributed by atoms with Crippen molar-refractivity contribution < 1.29 is 9.53 Å². The molecule has 0 saturated heterocycles. The molecular weight excluding hydrogens is 202 g/mol. The first-order valence-corrected chi connectivity index (χ1v) is 5.00. The highest BCUT2D eigenvalue weighted by Crippen LogP contribution is 2.06. The van der Waals surface area contributed by atoms with E-state index in [0.29, 0.717) is 18.7 Å². The topological polar surface area (TPSA) is 29.5 Å². The summed E-state index contributed by atoms with van der Waals surface area (Å²) in [4.78, 5) is 13.5. The fourth-order valence-electron chi connectivity index (χ4n) is 1.26. The number of hydrogen-bond acceptors (Lipinski definition) is 2. The highest BCUT2D eigenvalue weighted by atomic mass is 16.5. The number of hydrogen-bond donors (Lipinski definition) is 0. The molecule has 0 fully saturated rings. The van der Waals surface area contributed by atoms with Crippen molar-refractivity contribution in [2.75, 3.05) is 27.3 Å². The van der Waals surface area contributed by atoms with E-state index in [1.807, 2.05) is 0 Å². The van der Waals surface area contributed by atoms with Crippen molar-refractivity contribution in [1.82, 2.24) is 4.90 Å². The number of likely N-dealkylation sites (N-methyl/N-ethyl adjacent to an activating group) is 1. The van der Waals surface area contributed by atoms with Crippen LogP contribution in [-0.4, -0.2) is 38.1 Å². The van der Waals surface area contributed by atoms with Crippen molar-refractivity contribution >= 4 is 5.91 Å². The molecule has 1 amide bonds. The van der Waals surface area contributed by atoms with Crippen LogP contribution in [0.15, 0.2) is 24.3 Å². The predicted octanol–water partition coefficient (Wildman–Crippen LogP) is 1.39. The molecule has 1 aromatic rings. The molecule has 0 N–H and O–H groups in total. The molecule has 0 aliphatic heterocycles. The minimum absolute atomic E-state index is 0.0272. The maximum Gasteiger partial charge on any atom is 0.253 e. The number of ether oxygens (including phenoxy) is 1. The Balaban J connectivity index is 2.69. The number of terminal acetylenes is 1. The van der Waals surface area contributed by atoms with Gasteiger partial charge in [-0.25, -0.2) is 0 Å². The van der Waals surface area contributed by atoms with E-state index in [2.05, 4.69) is 5.92 Å². The highest BCUT2D eigenvalue weighted by molar-refractivity contribution is 5.94. The van der Waals surface area contributed by atoms with Crippen LogP contribution in [0.25, 0.3) is 0 Å². The molecule has 84 valence electrons. The Bertz CT molecular complexity index is 389. The molecule has 0 heterocycles. The SMILES string of the molecule is C#Cc1ccc(C(=O)N(C)CCOC)cc1. The van der Waals surface area contributed by atoms with E-state index in [0.717, 1.165) is 5.56 Å². The quantitative estimate of drug-likeness (QED) is 0.713. The van der Waals surface area contributed by atoms with Crippen molar-refractivity contribution in [2.24, 2.45) is 0 Å². The van der Waals surface area contributed by atoms with Crippen molar-refractivity contribution in [3.63, 3.8) is 0 Å². The van der Waals surface area contributed by atoms with Gasteiger partial charge in [-0.1, -0.05) is 5.92 Å². The van der Waals surface area contributed by atoms with E-state index in [4.69, 9.17) is 11.2 Å². The maximum atomic E-state index is 11.9. The van der Waals surface area contributed by atoms with E-state index in [-0.39, 0.29) is 5.91 Å². The van der Waals surface area contributed by atoms with E-state index in [1.54, 1.807) is 43.3 Å². The first-order valence-electron chi connectivity index (χ1n) is 5.00. The van der Waals surface area contributed by atoms with Gasteiger partial charge in [0.15, 0.2) is 0 Å². The fourth-order valence-corrected chi connectivity index (χ4v) is 1.26. The zero-order valence-electron chi connectivity index (χ0n) is 9.56. The standard InChI is InChI=1S/C13H15NO2/c1-4-11-5-7-12(8-6-11)13(15)14(2)9-10-16-3/h1,5-8H,9-10H2,2-3H3. The monoisotopic (exact) mass is 217 g/mol. The predicted molar refractivity (Wildman–Crippen MR) is 63.2 cm³/mol. The average Bonchev–Trinajstić information content (AvgIpc) is 2.35. The summed E-state index contributed by atoms with van der Waals surface area (Å²) in [5.41, 5.74) is 1.41. The third-order valence-corrected chi connectivity index (χ3v) is 2.28. The Morgan fingerprint density at radius 1 is 1.44 bits per heavy atom. The summed E-state index contributed by atoms with van der Waals surface area (Å²) in [6, 6.07) is 7.00. The lowest BCUT2D eigenvalue weighted by atomic mass is 10.1. The summed E-state index contributed by atoms with van der Waals surface area (Å²) in [6.07, 6.45) is 5.24. The Morgan fingerprint density at radius 2 is 2.06 bits per heavy atom. The molecule has 0 atom stereocenters. The zero-order chi connectivity index (χ0) is 12.0. The summed E-state index contributed by atoms with van der Waals surface area (Å²) in [5, 5.41) is 0. The molecular formula is C13H15NO2. The van der Waals surface area contributed by atoms with Crippen LogP contribution < -0.4 is 0 Å². The summed E-state index contributed by atoms with van der Waals surface area (Å²) < 4.78 is 4.91. The Labute approximate surface area is 96.0 Å². The Kier molecular flexibility index (Phi) is 4.56. The number of methoxy groups -OCH3 is 1. The molecule has 0 aromatic heterocycles. The number of carbonyl (C=O) groups excluding carboxylic acids is 1. The molecule has 1 aromatic carbocycles. The Hall–Kier alpha value is -1.79. The highest BCUT2D eigenvalue weighted by Gasteiger charge is 2.10. The summed E-state index contributed by atoms with van der Waals surface area (Å²) in [7, 11) is 3.36. The molecule has 0 aliphatic carbocycles. The molecule has 0 radical (unpaired) electrons. The van der Waals surface area contributed by atoms with E-state index >= 15 is 0 Å². The number of benzene rings is 1. The second-order valence-electron chi connectivity index (χ2n) is 3.44. The van der Waals surface area contributed by atoms with Crippen LogP contribution in [0.3, 0.4) is 0 Å². The number of nitrogens with zero attached hydrogens (tertiary/aromatic N) is 1. The van der Waals surface area contributed by atoms with Gasteiger partial charge in [-0.15, -0.1) is 6.42 Å². The first kappa shape index (κ1) is 12.3. The van der Waals surface area contributed by atoms with Gasteiger partial charge in [0.25, 0.3) is 5.91 Å². The summed E-state index contributed by atoms with van der Waals surface area (Å²) >= 11 is 0. The van der Waals surface area contributed by atoms with Gasteiger partial charge in [-0.3, -0.25) is 4.79 Å². The maximum absolute atomic E-state index is 11.9. The molecule has 16 heavy (non-hydrogen) atoms. The molecule has 0 aliphatic rings. The van der Waals surface area contributed by atoms with E-state index < -0.39 is 0 Å². The van der Waals surface area contributed by atoms with Crippen LogP contribution in [0, 0.1) is 12.3 Å². The van der Waals surface area contributed by atoms with Gasteiger partial charge in [0.2, 0.25) is 0 Å². The molecule has 0 bridgehead atoms. The van der Waals surface area contributed by atoms with Crippen LogP contribution in [0.5, 0.6) is 0 Å². The van der Waals surface area contributed by atoms with Gasteiger partial charge in [-0.2, -0.15) is 0 Å². The summed E-state index contributed by atoms with van der Waals surface area (Å²) in [6.45, 7) is 1.11. The molecule has 3 heteroatoms. The van der Waals surface area contributed by atoms with Crippen LogP contribution in [0.2, 0.25) is 0 Å². The van der Waals surface area contributed by atoms with Gasteiger partial charge in [0.1, 0.15) is 0 Å². The van der Waals surface area contributed by atoms with Crippen molar-refractivity contribution in [3.05, 3.63) is 35.4 Å². The van der Waals surface area contributed by atoms with Crippen LogP contribution >= 0.6 is 0 Å². The first-order chi connectivity index (χ1) is 7.69. The van der Waals surface area contributed by atoms with Crippen molar-refractivity contribution in [1.29, 1.82) is 0 Å². The van der Waals surface area contributed by atoms with Crippen LogP contribution in [0.1, 0.15) is 15.9 Å². The number of carbonyl (C=O) groups is 1. The average molecular weight is 217 g/mol. The molecule has 0 unspecified atom stereocenters. The molecule has 0 saturated carbocycles. The minimum atomic E-state index is -0.0272. The number of amides is 1. The lowest BCUT2D eigenvalue weighted by molar-refractivity contribution is 0.0744. The third-order valence-electron chi connectivity index (χ3n) is 2.28. The lowest BCUT2D eigenvalue weighted by Gasteiger charge is -2.16. The van der Waals surface area contributed by atoms with Gasteiger partial charge in [0.05, 0.1) is 6.61 Å². The number of rotatable bonds is 4. The largest absolute Gasteiger partial charge is 0.383 e. The molecule has 0 spiro atoms. The third kappa shape index (κ3) is 3.11. The van der Waals surface area contributed by atoms with E-state index in [1.165, 1.54) is 0 Å². The fraction of sp³-hybridized carbons (Fsp3) is 0.308. The normalized spacial score (nSPS) is 9.56. The van der Waals surface area contributed by atoms with Crippen LogP contribution in [0.4, 0.5) is 0 Å². The zero-order valence-corrected chi connectivity index (χ0v) is 9.56. The molecule has 3 nitrogen and oxygen atoms in total. The van der Waals surface area contributed by atoms with Crippen LogP contribution in [-0.2, 0) is 4.74 Å². The van der Waals surface area contributed by atoms with Gasteiger partial charge in [0, 0.05) is 31.8 Å². The second kappa shape index (κ2) is 5.94. The van der Waals surface area contributed by atoms with Gasteiger partial charge in [-0.05, 0) is 24.3 Å². The smallest absolute Gasteiger partial charge is 0.253 e. The van der Waals surface area contributed by atoms with E-state index in [9.17, 15) is 4.79 Å². The van der Waals surface area contributed by atoms with Gasteiger partial charge < -0.3 is 9.64 Å². The minimum Gasteiger partial charge on any atom is -0.383 e. The lowest BCUT2D eigenvalue weighted by Crippen LogP contribution is -2.29.